The van der Waals surface area contributed by atoms with Gasteiger partial charge in [0.15, 0.2) is 0 Å². The average Bonchev–Trinajstić information content (AvgIpc) is 2.38. The summed E-state index contributed by atoms with van der Waals surface area (Å²) in [4.78, 5) is 0. The van der Waals surface area contributed by atoms with Gasteiger partial charge >= 0.3 is 0 Å². The first-order chi connectivity index (χ1) is 9.38. The fraction of sp³-hybridized carbons (Fsp3) is 0.667. The van der Waals surface area contributed by atoms with Crippen molar-refractivity contribution in [3.8, 4) is 0 Å². The van der Waals surface area contributed by atoms with Gasteiger partial charge in [0.2, 0.25) is 0 Å². The maximum absolute atomic E-state index is 10.1. The Morgan fingerprint density at radius 2 is 1.70 bits per heavy atom. The van der Waals surface area contributed by atoms with E-state index < -0.39 is 5.60 Å². The molecule has 2 N–H and O–H groups in total. The van der Waals surface area contributed by atoms with Gasteiger partial charge in [-0.1, -0.05) is 32.0 Å². The number of para-hydroxylation sites is 1. The zero-order valence-electron chi connectivity index (χ0n) is 13.3. The van der Waals surface area contributed by atoms with Gasteiger partial charge in [-0.05, 0) is 63.0 Å². The van der Waals surface area contributed by atoms with Crippen LogP contribution < -0.4 is 5.32 Å². The van der Waals surface area contributed by atoms with E-state index in [1.807, 2.05) is 13.8 Å². The first-order valence-corrected chi connectivity index (χ1v) is 7.95. The Morgan fingerprint density at radius 3 is 2.25 bits per heavy atom. The van der Waals surface area contributed by atoms with Crippen LogP contribution in [0.1, 0.15) is 64.9 Å². The van der Waals surface area contributed by atoms with Crippen molar-refractivity contribution in [2.24, 2.45) is 5.92 Å². The van der Waals surface area contributed by atoms with Crippen LogP contribution in [0, 0.1) is 5.92 Å². The second-order valence-electron chi connectivity index (χ2n) is 7.09. The number of hydrogen-bond acceptors (Lipinski definition) is 2. The summed E-state index contributed by atoms with van der Waals surface area (Å²) >= 11 is 0. The Bertz CT molecular complexity index is 425. The first-order valence-electron chi connectivity index (χ1n) is 7.95. The predicted octanol–water partition coefficient (Wildman–Crippen LogP) is 4.55. The molecule has 2 nitrogen and oxygen atoms in total. The molecular weight excluding hydrogens is 246 g/mol. The highest BCUT2D eigenvalue weighted by atomic mass is 16.3. The standard InChI is InChI=1S/C18H29NO/c1-13(2)16-7-5-6-8-17(16)19-15-11-9-14(10-12-15)18(3,4)20/h5-8,13-15,19-20H,9-12H2,1-4H3/t14-,15+. The monoisotopic (exact) mass is 275 g/mol. The van der Waals surface area contributed by atoms with E-state index in [0.717, 1.165) is 25.7 Å². The Hall–Kier alpha value is -1.02. The van der Waals surface area contributed by atoms with Crippen molar-refractivity contribution >= 4 is 5.69 Å². The fourth-order valence-electron chi connectivity index (χ4n) is 3.30. The average molecular weight is 275 g/mol. The van der Waals surface area contributed by atoms with E-state index in [2.05, 4.69) is 43.4 Å². The lowest BCUT2D eigenvalue weighted by Crippen LogP contribution is -2.37. The van der Waals surface area contributed by atoms with Crippen LogP contribution in [0.4, 0.5) is 5.69 Å². The van der Waals surface area contributed by atoms with E-state index in [4.69, 9.17) is 0 Å². The number of benzene rings is 1. The first kappa shape index (κ1) is 15.4. The van der Waals surface area contributed by atoms with E-state index in [0.29, 0.717) is 17.9 Å². The van der Waals surface area contributed by atoms with Gasteiger partial charge in [-0.2, -0.15) is 0 Å². The normalized spacial score (nSPS) is 23.9. The summed E-state index contributed by atoms with van der Waals surface area (Å²) in [6.45, 7) is 8.37. The second kappa shape index (κ2) is 6.17. The smallest absolute Gasteiger partial charge is 0.0619 e. The number of aliphatic hydroxyl groups is 1. The van der Waals surface area contributed by atoms with Gasteiger partial charge in [-0.15, -0.1) is 0 Å². The molecular formula is C18H29NO. The molecule has 1 aliphatic carbocycles. The van der Waals surface area contributed by atoms with Crippen molar-refractivity contribution in [1.82, 2.24) is 0 Å². The molecule has 1 saturated carbocycles. The van der Waals surface area contributed by atoms with Crippen LogP contribution in [0.5, 0.6) is 0 Å². The van der Waals surface area contributed by atoms with Gasteiger partial charge in [-0.3, -0.25) is 0 Å². The second-order valence-corrected chi connectivity index (χ2v) is 7.09. The zero-order chi connectivity index (χ0) is 14.8. The number of anilines is 1. The molecule has 0 heterocycles. The molecule has 0 amide bonds. The Morgan fingerprint density at radius 1 is 1.10 bits per heavy atom. The molecule has 1 aliphatic rings. The highest BCUT2D eigenvalue weighted by molar-refractivity contribution is 5.53. The molecule has 0 aliphatic heterocycles. The molecule has 0 unspecified atom stereocenters. The summed E-state index contributed by atoms with van der Waals surface area (Å²) < 4.78 is 0. The van der Waals surface area contributed by atoms with E-state index in [1.54, 1.807) is 0 Å². The maximum Gasteiger partial charge on any atom is 0.0619 e. The molecule has 1 aromatic carbocycles. The van der Waals surface area contributed by atoms with Crippen LogP contribution in [0.25, 0.3) is 0 Å². The summed E-state index contributed by atoms with van der Waals surface area (Å²) in [5.74, 6) is 0.993. The minimum atomic E-state index is -0.527. The van der Waals surface area contributed by atoms with Crippen LogP contribution in [0.15, 0.2) is 24.3 Å². The number of hydrogen-bond donors (Lipinski definition) is 2. The van der Waals surface area contributed by atoms with Crippen LogP contribution in [0.3, 0.4) is 0 Å². The summed E-state index contributed by atoms with van der Waals surface area (Å²) in [5.41, 5.74) is 2.16. The third-order valence-electron chi connectivity index (χ3n) is 4.67. The van der Waals surface area contributed by atoms with E-state index in [9.17, 15) is 5.11 Å². The van der Waals surface area contributed by atoms with Gasteiger partial charge in [-0.25, -0.2) is 0 Å². The summed E-state index contributed by atoms with van der Waals surface area (Å²) in [6.07, 6.45) is 4.54. The number of rotatable bonds is 4. The predicted molar refractivity (Wildman–Crippen MR) is 86.2 cm³/mol. The molecule has 1 fully saturated rings. The van der Waals surface area contributed by atoms with Crippen LogP contribution in [-0.4, -0.2) is 16.7 Å². The topological polar surface area (TPSA) is 32.3 Å². The van der Waals surface area contributed by atoms with E-state index >= 15 is 0 Å². The molecule has 20 heavy (non-hydrogen) atoms. The highest BCUT2D eigenvalue weighted by Crippen LogP contribution is 2.34. The Kier molecular flexibility index (Phi) is 4.74. The van der Waals surface area contributed by atoms with Gasteiger partial charge in [0.1, 0.15) is 0 Å². The molecule has 0 saturated heterocycles. The summed E-state index contributed by atoms with van der Waals surface area (Å²) in [6, 6.07) is 9.18. The van der Waals surface area contributed by atoms with Crippen LogP contribution in [0.2, 0.25) is 0 Å². The third-order valence-corrected chi connectivity index (χ3v) is 4.67. The minimum Gasteiger partial charge on any atom is -0.390 e. The summed E-state index contributed by atoms with van der Waals surface area (Å²) in [7, 11) is 0. The van der Waals surface area contributed by atoms with E-state index in [1.165, 1.54) is 11.3 Å². The zero-order valence-corrected chi connectivity index (χ0v) is 13.3. The Balaban J connectivity index is 1.96. The molecule has 0 spiro atoms. The molecule has 2 heteroatoms. The maximum atomic E-state index is 10.1. The SMILES string of the molecule is CC(C)c1ccccc1N[C@H]1CC[C@@H](C(C)(C)O)CC1. The van der Waals surface area contributed by atoms with Gasteiger partial charge in [0, 0.05) is 11.7 Å². The van der Waals surface area contributed by atoms with Crippen molar-refractivity contribution in [2.75, 3.05) is 5.32 Å². The van der Waals surface area contributed by atoms with Crippen molar-refractivity contribution in [1.29, 1.82) is 0 Å². The fourth-order valence-corrected chi connectivity index (χ4v) is 3.30. The molecule has 112 valence electrons. The van der Waals surface area contributed by atoms with Crippen molar-refractivity contribution in [3.63, 3.8) is 0 Å². The third kappa shape index (κ3) is 3.76. The molecule has 0 bridgehead atoms. The Labute approximate surface area is 123 Å². The van der Waals surface area contributed by atoms with Gasteiger partial charge < -0.3 is 10.4 Å². The van der Waals surface area contributed by atoms with Gasteiger partial charge in [0.25, 0.3) is 0 Å². The van der Waals surface area contributed by atoms with Crippen molar-refractivity contribution in [2.45, 2.75) is 70.9 Å². The quantitative estimate of drug-likeness (QED) is 0.844. The lowest BCUT2D eigenvalue weighted by Gasteiger charge is -2.36. The molecule has 1 aromatic rings. The molecule has 2 rings (SSSR count). The lowest BCUT2D eigenvalue weighted by molar-refractivity contribution is -0.000393. The van der Waals surface area contributed by atoms with Crippen LogP contribution in [-0.2, 0) is 0 Å². The number of nitrogens with one attached hydrogen (secondary N) is 1. The van der Waals surface area contributed by atoms with E-state index in [-0.39, 0.29) is 0 Å². The van der Waals surface area contributed by atoms with Crippen molar-refractivity contribution in [3.05, 3.63) is 29.8 Å². The summed E-state index contributed by atoms with van der Waals surface area (Å²) in [5, 5.41) is 13.8. The molecule has 0 aromatic heterocycles. The largest absolute Gasteiger partial charge is 0.390 e. The lowest BCUT2D eigenvalue weighted by atomic mass is 9.77. The highest BCUT2D eigenvalue weighted by Gasteiger charge is 2.31. The van der Waals surface area contributed by atoms with Gasteiger partial charge in [0.05, 0.1) is 5.60 Å². The van der Waals surface area contributed by atoms with Crippen molar-refractivity contribution < 1.29 is 5.11 Å². The minimum absolute atomic E-state index is 0.445. The molecule has 0 radical (unpaired) electrons. The molecule has 0 atom stereocenters. The van der Waals surface area contributed by atoms with Crippen LogP contribution >= 0.6 is 0 Å².